The number of hydrogen-bond acceptors (Lipinski definition) is 5. The number of nitrogens with one attached hydrogen (secondary N) is 1. The van der Waals surface area contributed by atoms with Crippen LogP contribution in [0.5, 0.6) is 0 Å². The number of carbonyl (C=O) groups excluding carboxylic acids is 1. The number of thioether (sulfide) groups is 1. The molecule has 0 bridgehead atoms. The summed E-state index contributed by atoms with van der Waals surface area (Å²) in [7, 11) is 0. The summed E-state index contributed by atoms with van der Waals surface area (Å²) in [5.74, 6) is 0.862. The summed E-state index contributed by atoms with van der Waals surface area (Å²) >= 11 is 9.25. The summed E-state index contributed by atoms with van der Waals surface area (Å²) in [5, 5.41) is 15.1. The van der Waals surface area contributed by atoms with Gasteiger partial charge in [0, 0.05) is 17.1 Å². The van der Waals surface area contributed by atoms with Crippen molar-refractivity contribution in [3.8, 4) is 0 Å². The average Bonchev–Trinajstić information content (AvgIpc) is 3.30. The Morgan fingerprint density at radius 3 is 2.83 bits per heavy atom. The fourth-order valence-corrected chi connectivity index (χ4v) is 5.21. The van der Waals surface area contributed by atoms with E-state index in [2.05, 4.69) is 44.4 Å². The lowest BCUT2D eigenvalue weighted by Gasteiger charge is -2.16. The van der Waals surface area contributed by atoms with Crippen LogP contribution in [0.3, 0.4) is 0 Å². The molecule has 0 radical (unpaired) electrons. The van der Waals surface area contributed by atoms with Gasteiger partial charge in [0.25, 0.3) is 0 Å². The molecule has 1 aromatic carbocycles. The van der Waals surface area contributed by atoms with Crippen LogP contribution in [0.15, 0.2) is 40.7 Å². The van der Waals surface area contributed by atoms with E-state index in [0.717, 1.165) is 39.6 Å². The topological polar surface area (TPSA) is 59.3 Å². The van der Waals surface area contributed by atoms with Crippen LogP contribution in [0.25, 0.3) is 15.7 Å². The Bertz CT molecular complexity index is 1200. The van der Waals surface area contributed by atoms with Crippen molar-refractivity contribution in [2.75, 3.05) is 5.32 Å². The highest BCUT2D eigenvalue weighted by Gasteiger charge is 2.23. The van der Waals surface area contributed by atoms with E-state index >= 15 is 0 Å². The summed E-state index contributed by atoms with van der Waals surface area (Å²) in [4.78, 5) is 13.0. The standard InChI is InChI=1S/C21H21ClN4OS2/c1-4-17(20(27)23-14-10-13(22)7-6-12(14)3)29-21-16-11-18-15(8-9-28-18)26(16)19(5-2)24-25-21/h6-11,17H,4-5H2,1-3H3,(H,23,27)/t17-/m0/s1. The van der Waals surface area contributed by atoms with Crippen LogP contribution in [-0.4, -0.2) is 25.8 Å². The second-order valence-electron chi connectivity index (χ2n) is 6.77. The van der Waals surface area contributed by atoms with E-state index in [-0.39, 0.29) is 11.2 Å². The van der Waals surface area contributed by atoms with E-state index in [1.165, 1.54) is 16.5 Å². The van der Waals surface area contributed by atoms with Crippen LogP contribution in [0, 0.1) is 6.92 Å². The highest BCUT2D eigenvalue weighted by Crippen LogP contribution is 2.34. The van der Waals surface area contributed by atoms with Crippen LogP contribution >= 0.6 is 34.7 Å². The Kier molecular flexibility index (Phi) is 5.81. The van der Waals surface area contributed by atoms with Gasteiger partial charge in [-0.3, -0.25) is 9.20 Å². The van der Waals surface area contributed by atoms with Crippen LogP contribution in [-0.2, 0) is 11.2 Å². The number of halogens is 1. The number of rotatable bonds is 6. The number of fused-ring (bicyclic) bond motifs is 3. The van der Waals surface area contributed by atoms with Gasteiger partial charge in [-0.05, 0) is 48.6 Å². The Balaban J connectivity index is 1.65. The third-order valence-electron chi connectivity index (χ3n) is 4.85. The monoisotopic (exact) mass is 444 g/mol. The minimum atomic E-state index is -0.285. The number of hydrogen-bond donors (Lipinski definition) is 1. The van der Waals surface area contributed by atoms with Gasteiger partial charge in [0.2, 0.25) is 5.91 Å². The molecule has 1 N–H and O–H groups in total. The quantitative estimate of drug-likeness (QED) is 0.372. The maximum Gasteiger partial charge on any atom is 0.237 e. The molecule has 0 saturated carbocycles. The van der Waals surface area contributed by atoms with Crippen LogP contribution in [0.1, 0.15) is 31.7 Å². The van der Waals surface area contributed by atoms with Crippen molar-refractivity contribution >= 4 is 62.0 Å². The average molecular weight is 445 g/mol. The van der Waals surface area contributed by atoms with Gasteiger partial charge in [-0.2, -0.15) is 0 Å². The lowest BCUT2D eigenvalue weighted by molar-refractivity contribution is -0.115. The van der Waals surface area contributed by atoms with E-state index in [9.17, 15) is 4.79 Å². The summed E-state index contributed by atoms with van der Waals surface area (Å²) < 4.78 is 3.36. The van der Waals surface area contributed by atoms with Crippen LogP contribution in [0.2, 0.25) is 5.02 Å². The maximum absolute atomic E-state index is 13.0. The fraction of sp³-hybridized carbons (Fsp3) is 0.286. The van der Waals surface area contributed by atoms with Crippen LogP contribution < -0.4 is 5.32 Å². The molecule has 150 valence electrons. The second kappa shape index (κ2) is 8.34. The molecule has 0 aliphatic carbocycles. The van der Waals surface area contributed by atoms with Crippen molar-refractivity contribution in [2.24, 2.45) is 0 Å². The molecular weight excluding hydrogens is 424 g/mol. The highest BCUT2D eigenvalue weighted by molar-refractivity contribution is 8.00. The summed E-state index contributed by atoms with van der Waals surface area (Å²) in [6.07, 6.45) is 1.47. The van der Waals surface area contributed by atoms with E-state index in [4.69, 9.17) is 11.6 Å². The number of anilines is 1. The first-order valence-electron chi connectivity index (χ1n) is 9.49. The minimum absolute atomic E-state index is 0.0595. The molecule has 0 unspecified atom stereocenters. The maximum atomic E-state index is 13.0. The molecule has 0 aliphatic rings. The number of carbonyl (C=O) groups is 1. The molecule has 3 aromatic heterocycles. The zero-order chi connectivity index (χ0) is 20.5. The number of thiophene rings is 1. The largest absolute Gasteiger partial charge is 0.325 e. The van der Waals surface area contributed by atoms with Gasteiger partial charge in [0.15, 0.2) is 0 Å². The van der Waals surface area contributed by atoms with Gasteiger partial charge >= 0.3 is 0 Å². The molecule has 5 nitrogen and oxygen atoms in total. The molecule has 8 heteroatoms. The SMILES string of the molecule is CCc1nnc(S[C@@H](CC)C(=O)Nc2cc(Cl)ccc2C)c2cc3sccc3n12. The van der Waals surface area contributed by atoms with Gasteiger partial charge in [-0.25, -0.2) is 0 Å². The first kappa shape index (κ1) is 20.2. The van der Waals surface area contributed by atoms with Crippen molar-refractivity contribution in [1.29, 1.82) is 0 Å². The Morgan fingerprint density at radius 1 is 1.24 bits per heavy atom. The van der Waals surface area contributed by atoms with Gasteiger partial charge in [-0.15, -0.1) is 21.5 Å². The molecule has 1 atom stereocenters. The van der Waals surface area contributed by atoms with Crippen molar-refractivity contribution in [3.05, 3.63) is 52.1 Å². The third-order valence-corrected chi connectivity index (χ3v) is 7.28. The second-order valence-corrected chi connectivity index (χ2v) is 9.35. The van der Waals surface area contributed by atoms with E-state index in [1.807, 2.05) is 26.0 Å². The molecule has 0 saturated heterocycles. The number of nitrogens with zero attached hydrogens (tertiary/aromatic N) is 3. The number of aryl methyl sites for hydroxylation is 2. The highest BCUT2D eigenvalue weighted by atomic mass is 35.5. The molecule has 1 amide bonds. The summed E-state index contributed by atoms with van der Waals surface area (Å²) in [6.45, 7) is 6.03. The molecule has 29 heavy (non-hydrogen) atoms. The first-order chi connectivity index (χ1) is 14.0. The molecule has 0 spiro atoms. The zero-order valence-corrected chi connectivity index (χ0v) is 18.8. The van der Waals surface area contributed by atoms with Crippen molar-refractivity contribution in [3.63, 3.8) is 0 Å². The molecule has 3 heterocycles. The molecular formula is C21H21ClN4OS2. The normalized spacial score (nSPS) is 12.6. The summed E-state index contributed by atoms with van der Waals surface area (Å²) in [6, 6.07) is 9.74. The molecule has 4 aromatic rings. The van der Waals surface area contributed by atoms with Gasteiger partial charge in [0.1, 0.15) is 10.9 Å². The predicted octanol–water partition coefficient (Wildman–Crippen LogP) is 5.98. The van der Waals surface area contributed by atoms with Crippen LogP contribution in [0.4, 0.5) is 5.69 Å². The van der Waals surface area contributed by atoms with Crippen molar-refractivity contribution in [1.82, 2.24) is 14.6 Å². The smallest absolute Gasteiger partial charge is 0.237 e. The van der Waals surface area contributed by atoms with Crippen molar-refractivity contribution < 1.29 is 4.79 Å². The molecule has 0 aliphatic heterocycles. The van der Waals surface area contributed by atoms with E-state index in [1.54, 1.807) is 17.4 Å². The first-order valence-corrected chi connectivity index (χ1v) is 11.6. The summed E-state index contributed by atoms with van der Waals surface area (Å²) in [5.41, 5.74) is 3.87. The number of benzene rings is 1. The van der Waals surface area contributed by atoms with Gasteiger partial charge in [0.05, 0.1) is 21.0 Å². The number of amides is 1. The number of aromatic nitrogens is 3. The Labute approximate surface area is 182 Å². The Hall–Kier alpha value is -2.09. The van der Waals surface area contributed by atoms with E-state index < -0.39 is 0 Å². The predicted molar refractivity (Wildman–Crippen MR) is 123 cm³/mol. The molecule has 0 fully saturated rings. The third kappa shape index (κ3) is 3.86. The minimum Gasteiger partial charge on any atom is -0.325 e. The van der Waals surface area contributed by atoms with Crippen molar-refractivity contribution in [2.45, 2.75) is 43.9 Å². The van der Waals surface area contributed by atoms with Gasteiger partial charge in [-0.1, -0.05) is 43.3 Å². The van der Waals surface area contributed by atoms with Gasteiger partial charge < -0.3 is 5.32 Å². The lowest BCUT2D eigenvalue weighted by atomic mass is 10.2. The lowest BCUT2D eigenvalue weighted by Crippen LogP contribution is -2.25. The fourth-order valence-electron chi connectivity index (χ4n) is 3.27. The van der Waals surface area contributed by atoms with E-state index in [0.29, 0.717) is 11.4 Å². The molecule has 4 rings (SSSR count). The Morgan fingerprint density at radius 2 is 2.07 bits per heavy atom. The zero-order valence-electron chi connectivity index (χ0n) is 16.4.